The van der Waals surface area contributed by atoms with Crippen molar-refractivity contribution in [2.24, 2.45) is 0 Å². The molecule has 3 atom stereocenters. The Morgan fingerprint density at radius 3 is 3.05 bits per heavy atom. The quantitative estimate of drug-likeness (QED) is 0.722. The summed E-state index contributed by atoms with van der Waals surface area (Å²) < 4.78 is 11.3. The van der Waals surface area contributed by atoms with E-state index in [4.69, 9.17) is 9.47 Å². The highest BCUT2D eigenvalue weighted by molar-refractivity contribution is 4.89. The zero-order chi connectivity index (χ0) is 13.6. The summed E-state index contributed by atoms with van der Waals surface area (Å²) in [5, 5.41) is 3.72. The molecule has 0 radical (unpaired) electrons. The van der Waals surface area contributed by atoms with Gasteiger partial charge in [0, 0.05) is 25.3 Å². The molecule has 3 fully saturated rings. The number of nitrogens with zero attached hydrogens (tertiary/aromatic N) is 1. The number of ether oxygens (including phenoxy) is 2. The van der Waals surface area contributed by atoms with Crippen LogP contribution in [0.25, 0.3) is 0 Å². The Morgan fingerprint density at radius 2 is 2.15 bits per heavy atom. The highest BCUT2D eigenvalue weighted by Gasteiger charge is 2.31. The van der Waals surface area contributed by atoms with Crippen molar-refractivity contribution in [2.75, 3.05) is 39.5 Å². The zero-order valence-corrected chi connectivity index (χ0v) is 12.7. The van der Waals surface area contributed by atoms with E-state index in [2.05, 4.69) is 10.2 Å². The van der Waals surface area contributed by atoms with Crippen LogP contribution in [-0.4, -0.2) is 62.5 Å². The van der Waals surface area contributed by atoms with E-state index in [9.17, 15) is 0 Å². The van der Waals surface area contributed by atoms with E-state index in [-0.39, 0.29) is 0 Å². The van der Waals surface area contributed by atoms with Crippen LogP contribution in [0.3, 0.4) is 0 Å². The smallest absolute Gasteiger partial charge is 0.0809 e. The van der Waals surface area contributed by atoms with Crippen LogP contribution in [-0.2, 0) is 9.47 Å². The largest absolute Gasteiger partial charge is 0.379 e. The first-order chi connectivity index (χ1) is 9.92. The van der Waals surface area contributed by atoms with Crippen LogP contribution < -0.4 is 5.32 Å². The van der Waals surface area contributed by atoms with E-state index >= 15 is 0 Å². The molecule has 0 aromatic heterocycles. The zero-order valence-electron chi connectivity index (χ0n) is 12.7. The van der Waals surface area contributed by atoms with Crippen LogP contribution >= 0.6 is 0 Å². The minimum Gasteiger partial charge on any atom is -0.379 e. The summed E-state index contributed by atoms with van der Waals surface area (Å²) in [6, 6.07) is 1.62. The second kappa shape index (κ2) is 7.74. The molecule has 3 saturated heterocycles. The van der Waals surface area contributed by atoms with Gasteiger partial charge >= 0.3 is 0 Å². The SMILES string of the molecule is C(CNC1CCN2CCCC2C1)COCC1CCCO1. The first-order valence-electron chi connectivity index (χ1n) is 8.58. The lowest BCUT2D eigenvalue weighted by molar-refractivity contribution is 0.0163. The Balaban J connectivity index is 1.20. The fraction of sp³-hybridized carbons (Fsp3) is 1.00. The molecule has 0 aliphatic carbocycles. The van der Waals surface area contributed by atoms with E-state index in [0.29, 0.717) is 6.10 Å². The lowest BCUT2D eigenvalue weighted by atomic mass is 9.97. The molecule has 3 aliphatic heterocycles. The second-order valence-corrected chi connectivity index (χ2v) is 6.57. The third kappa shape index (κ3) is 4.17. The molecule has 20 heavy (non-hydrogen) atoms. The summed E-state index contributed by atoms with van der Waals surface area (Å²) >= 11 is 0. The van der Waals surface area contributed by atoms with E-state index in [1.807, 2.05) is 0 Å². The Bertz CT molecular complexity index is 282. The summed E-state index contributed by atoms with van der Waals surface area (Å²) in [6.07, 6.45) is 9.39. The van der Waals surface area contributed by atoms with Crippen molar-refractivity contribution in [3.8, 4) is 0 Å². The average Bonchev–Trinajstić information content (AvgIpc) is 3.13. The van der Waals surface area contributed by atoms with Gasteiger partial charge in [-0.3, -0.25) is 0 Å². The van der Waals surface area contributed by atoms with Gasteiger partial charge in [-0.1, -0.05) is 0 Å². The summed E-state index contributed by atoms with van der Waals surface area (Å²) in [4.78, 5) is 2.68. The summed E-state index contributed by atoms with van der Waals surface area (Å²) in [7, 11) is 0. The number of fused-ring (bicyclic) bond motifs is 1. The minimum atomic E-state index is 0.370. The van der Waals surface area contributed by atoms with Crippen molar-refractivity contribution in [3.63, 3.8) is 0 Å². The van der Waals surface area contributed by atoms with Gasteiger partial charge in [0.25, 0.3) is 0 Å². The van der Waals surface area contributed by atoms with Crippen molar-refractivity contribution < 1.29 is 9.47 Å². The van der Waals surface area contributed by atoms with Gasteiger partial charge in [-0.2, -0.15) is 0 Å². The molecule has 3 heterocycles. The van der Waals surface area contributed by atoms with E-state index in [1.165, 1.54) is 51.6 Å². The lowest BCUT2D eigenvalue weighted by Gasteiger charge is -2.35. The van der Waals surface area contributed by atoms with Crippen LogP contribution in [0.15, 0.2) is 0 Å². The van der Waals surface area contributed by atoms with Crippen LogP contribution in [0.5, 0.6) is 0 Å². The van der Waals surface area contributed by atoms with E-state index < -0.39 is 0 Å². The first kappa shape index (κ1) is 14.8. The Hall–Kier alpha value is -0.160. The molecule has 0 amide bonds. The Labute approximate surface area is 123 Å². The molecule has 0 saturated carbocycles. The van der Waals surface area contributed by atoms with Gasteiger partial charge in [0.1, 0.15) is 0 Å². The highest BCUT2D eigenvalue weighted by atomic mass is 16.5. The van der Waals surface area contributed by atoms with Crippen molar-refractivity contribution in [3.05, 3.63) is 0 Å². The van der Waals surface area contributed by atoms with E-state index in [0.717, 1.165) is 44.9 Å². The van der Waals surface area contributed by atoms with Gasteiger partial charge in [-0.25, -0.2) is 0 Å². The normalized spacial score (nSPS) is 34.5. The number of hydrogen-bond donors (Lipinski definition) is 1. The molecule has 0 spiro atoms. The predicted molar refractivity (Wildman–Crippen MR) is 80.0 cm³/mol. The second-order valence-electron chi connectivity index (χ2n) is 6.57. The van der Waals surface area contributed by atoms with Crippen LogP contribution in [0.4, 0.5) is 0 Å². The predicted octanol–water partition coefficient (Wildman–Crippen LogP) is 1.79. The molecular weight excluding hydrogens is 252 g/mol. The van der Waals surface area contributed by atoms with Crippen molar-refractivity contribution in [1.29, 1.82) is 0 Å². The Morgan fingerprint density at radius 1 is 1.15 bits per heavy atom. The maximum absolute atomic E-state index is 5.70. The fourth-order valence-electron chi connectivity index (χ4n) is 3.88. The summed E-state index contributed by atoms with van der Waals surface area (Å²) in [5.74, 6) is 0. The summed E-state index contributed by atoms with van der Waals surface area (Å²) in [5.41, 5.74) is 0. The van der Waals surface area contributed by atoms with Gasteiger partial charge in [-0.05, 0) is 64.6 Å². The monoisotopic (exact) mass is 282 g/mol. The standard InChI is InChI=1S/C16H30N2O2/c1-4-15-12-14(6-9-18(15)8-1)17-7-3-10-19-13-16-5-2-11-20-16/h14-17H,1-13H2. The molecule has 3 unspecified atom stereocenters. The van der Waals surface area contributed by atoms with Gasteiger partial charge in [0.05, 0.1) is 12.7 Å². The molecule has 4 heteroatoms. The highest BCUT2D eigenvalue weighted by Crippen LogP contribution is 2.26. The molecule has 0 aromatic carbocycles. The Kier molecular flexibility index (Phi) is 5.71. The topological polar surface area (TPSA) is 33.7 Å². The molecule has 4 nitrogen and oxygen atoms in total. The third-order valence-corrected chi connectivity index (χ3v) is 5.05. The maximum atomic E-state index is 5.70. The number of nitrogens with one attached hydrogen (secondary N) is 1. The van der Waals surface area contributed by atoms with Gasteiger partial charge < -0.3 is 19.7 Å². The number of hydrogen-bond acceptors (Lipinski definition) is 4. The van der Waals surface area contributed by atoms with Crippen molar-refractivity contribution >= 4 is 0 Å². The minimum absolute atomic E-state index is 0.370. The van der Waals surface area contributed by atoms with Crippen LogP contribution in [0.1, 0.15) is 44.9 Å². The molecule has 3 rings (SSSR count). The average molecular weight is 282 g/mol. The van der Waals surface area contributed by atoms with Crippen LogP contribution in [0.2, 0.25) is 0 Å². The van der Waals surface area contributed by atoms with E-state index in [1.54, 1.807) is 0 Å². The molecule has 1 N–H and O–H groups in total. The molecule has 116 valence electrons. The lowest BCUT2D eigenvalue weighted by Crippen LogP contribution is -2.45. The van der Waals surface area contributed by atoms with Crippen molar-refractivity contribution in [1.82, 2.24) is 10.2 Å². The number of piperidine rings is 1. The molecule has 0 bridgehead atoms. The number of rotatable bonds is 7. The van der Waals surface area contributed by atoms with Gasteiger partial charge in [0.2, 0.25) is 0 Å². The third-order valence-electron chi connectivity index (χ3n) is 5.05. The molecule has 3 aliphatic rings. The molecular formula is C16H30N2O2. The van der Waals surface area contributed by atoms with Crippen LogP contribution in [0, 0.1) is 0 Å². The fourth-order valence-corrected chi connectivity index (χ4v) is 3.88. The maximum Gasteiger partial charge on any atom is 0.0809 e. The van der Waals surface area contributed by atoms with Gasteiger partial charge in [0.15, 0.2) is 0 Å². The molecule has 0 aromatic rings. The van der Waals surface area contributed by atoms with Crippen molar-refractivity contribution in [2.45, 2.75) is 63.1 Å². The summed E-state index contributed by atoms with van der Waals surface area (Å²) in [6.45, 7) is 6.33. The first-order valence-corrected chi connectivity index (χ1v) is 8.58. The van der Waals surface area contributed by atoms with Gasteiger partial charge in [-0.15, -0.1) is 0 Å².